The second-order valence-electron chi connectivity index (χ2n) is 12.9. The maximum atomic E-state index is 13.7. The minimum absolute atomic E-state index is 0.0184. The Bertz CT molecular complexity index is 1640. The number of nitrogens with one attached hydrogen (secondary N) is 3. The second kappa shape index (κ2) is 16.3. The molecule has 0 radical (unpaired) electrons. The van der Waals surface area contributed by atoms with Crippen molar-refractivity contribution in [1.82, 2.24) is 40.8 Å². The summed E-state index contributed by atoms with van der Waals surface area (Å²) < 4.78 is 13.1. The van der Waals surface area contributed by atoms with Crippen LogP contribution in [0, 0.1) is 5.92 Å². The highest BCUT2D eigenvalue weighted by atomic mass is 35.5. The van der Waals surface area contributed by atoms with E-state index in [1.54, 1.807) is 15.6 Å². The quantitative estimate of drug-likeness (QED) is 0.287. The molecule has 15 nitrogen and oxygen atoms in total. The lowest BCUT2D eigenvalue weighted by molar-refractivity contribution is -0.131. The molecule has 1 aromatic carbocycles. The third-order valence-corrected chi connectivity index (χ3v) is 8.61. The van der Waals surface area contributed by atoms with Crippen LogP contribution in [-0.2, 0) is 22.6 Å². The second-order valence-corrected chi connectivity index (χ2v) is 13.3. The summed E-state index contributed by atoms with van der Waals surface area (Å²) in [5, 5.41) is 27.2. The molecule has 4 N–H and O–H groups in total. The van der Waals surface area contributed by atoms with Crippen molar-refractivity contribution in [1.29, 1.82) is 0 Å². The van der Waals surface area contributed by atoms with Gasteiger partial charge in [0.15, 0.2) is 12.1 Å². The van der Waals surface area contributed by atoms with Gasteiger partial charge in [0, 0.05) is 56.7 Å². The number of aryl methyl sites for hydroxylation is 1. The topological polar surface area (TPSA) is 194 Å². The molecule has 4 bridgehead atoms. The number of ether oxygens (including phenoxy) is 1. The summed E-state index contributed by atoms with van der Waals surface area (Å²) in [6.07, 6.45) is 4.97. The average Bonchev–Trinajstić information content (AvgIpc) is 3.60. The lowest BCUT2D eigenvalue weighted by Gasteiger charge is -2.26. The molecule has 4 heterocycles. The van der Waals surface area contributed by atoms with E-state index in [4.69, 9.17) is 20.8 Å². The van der Waals surface area contributed by atoms with E-state index in [2.05, 4.69) is 31.2 Å². The third-order valence-electron chi connectivity index (χ3n) is 8.31. The van der Waals surface area contributed by atoms with Gasteiger partial charge >= 0.3 is 0 Å². The standard InChI is InChI=1S/C33H43ClN8O7/c1-19(2)15-25-31(45)35-10-13-41(33(47)28-29(21-5-6-21)49-18-36-28)12-9-23-17-42(40-39-23)11-4-14-48-26-8-7-22(16-24(26)34)30(44)38-27(20(3)43)32(46)37-25/h7-8,16-21,25,27,43H,4-6,9-15H2,1-3H3,(H,35,45)(H,37,46)(H,38,44)/t20-,25-,27+/m1/s1. The normalized spacial score (nSPS) is 20.9. The molecule has 2 aliphatic heterocycles. The van der Waals surface area contributed by atoms with E-state index >= 15 is 0 Å². The number of amides is 4. The van der Waals surface area contributed by atoms with E-state index in [0.717, 1.165) is 12.8 Å². The fraction of sp³-hybridized carbons (Fsp3) is 0.545. The van der Waals surface area contributed by atoms with Crippen molar-refractivity contribution in [2.45, 2.75) is 83.5 Å². The van der Waals surface area contributed by atoms with Gasteiger partial charge in [0.2, 0.25) is 11.8 Å². The summed E-state index contributed by atoms with van der Waals surface area (Å²) in [6.45, 7) is 6.54. The molecule has 1 fully saturated rings. The van der Waals surface area contributed by atoms with Gasteiger partial charge in [0.25, 0.3) is 11.8 Å². The van der Waals surface area contributed by atoms with Gasteiger partial charge in [0.05, 0.1) is 23.4 Å². The van der Waals surface area contributed by atoms with Crippen LogP contribution in [0.1, 0.15) is 84.7 Å². The highest BCUT2D eigenvalue weighted by Crippen LogP contribution is 2.41. The maximum absolute atomic E-state index is 13.7. The van der Waals surface area contributed by atoms with Crippen LogP contribution in [0.5, 0.6) is 5.75 Å². The van der Waals surface area contributed by atoms with E-state index in [0.29, 0.717) is 43.2 Å². The summed E-state index contributed by atoms with van der Waals surface area (Å²) in [7, 11) is 0. The number of carbonyl (C=O) groups is 4. The first-order valence-electron chi connectivity index (χ1n) is 16.6. The zero-order valence-electron chi connectivity index (χ0n) is 27.9. The minimum Gasteiger partial charge on any atom is -0.492 e. The molecule has 264 valence electrons. The lowest BCUT2D eigenvalue weighted by Crippen LogP contribution is -2.57. The highest BCUT2D eigenvalue weighted by Gasteiger charge is 2.34. The van der Waals surface area contributed by atoms with Crippen molar-refractivity contribution < 1.29 is 33.4 Å². The van der Waals surface area contributed by atoms with Crippen LogP contribution in [-0.4, -0.2) is 98.0 Å². The molecule has 16 heteroatoms. The van der Waals surface area contributed by atoms with E-state index in [9.17, 15) is 24.3 Å². The molecule has 49 heavy (non-hydrogen) atoms. The molecule has 3 atom stereocenters. The molecule has 0 saturated heterocycles. The Morgan fingerprint density at radius 3 is 2.61 bits per heavy atom. The van der Waals surface area contributed by atoms with Crippen LogP contribution >= 0.6 is 11.6 Å². The van der Waals surface area contributed by atoms with Crippen molar-refractivity contribution in [2.24, 2.45) is 5.92 Å². The fourth-order valence-corrected chi connectivity index (χ4v) is 5.76. The molecule has 4 amide bonds. The SMILES string of the molecule is CC(C)C[C@H]1NC(=O)[C@H]([C@@H](C)O)NC(=O)c2ccc(c(Cl)c2)OCCCn2cc(nn2)CCN(C(=O)c2ncoc2C2CC2)CCNC1=O. The number of rotatable bonds is 5. The summed E-state index contributed by atoms with van der Waals surface area (Å²) in [4.78, 5) is 59.5. The largest absolute Gasteiger partial charge is 0.492 e. The molecule has 0 unspecified atom stereocenters. The van der Waals surface area contributed by atoms with E-state index in [-0.39, 0.29) is 60.1 Å². The van der Waals surface area contributed by atoms with Crippen LogP contribution < -0.4 is 20.7 Å². The molecule has 1 saturated carbocycles. The van der Waals surface area contributed by atoms with Gasteiger partial charge in [-0.05, 0) is 50.3 Å². The van der Waals surface area contributed by atoms with Crippen molar-refractivity contribution >= 4 is 35.2 Å². The first-order valence-corrected chi connectivity index (χ1v) is 17.0. The van der Waals surface area contributed by atoms with Gasteiger partial charge in [-0.1, -0.05) is 30.7 Å². The third kappa shape index (κ3) is 9.57. The predicted molar refractivity (Wildman–Crippen MR) is 177 cm³/mol. The number of nitrogens with zero attached hydrogens (tertiary/aromatic N) is 5. The molecule has 0 spiro atoms. The molecule has 3 aromatic rings. The molecular weight excluding hydrogens is 656 g/mol. The first kappa shape index (κ1) is 35.8. The molecule has 6 rings (SSSR count). The number of carbonyl (C=O) groups excluding carboxylic acids is 4. The van der Waals surface area contributed by atoms with Crippen molar-refractivity contribution in [2.75, 3.05) is 26.2 Å². The van der Waals surface area contributed by atoms with Gasteiger partial charge in [0.1, 0.15) is 23.6 Å². The summed E-state index contributed by atoms with van der Waals surface area (Å²) >= 11 is 6.41. The van der Waals surface area contributed by atoms with Crippen LogP contribution in [0.4, 0.5) is 0 Å². The zero-order chi connectivity index (χ0) is 35.1. The Hall–Kier alpha value is -4.50. The summed E-state index contributed by atoms with van der Waals surface area (Å²) in [5.74, 6) is -1.01. The molecule has 2 aromatic heterocycles. The molecule has 3 aliphatic rings. The van der Waals surface area contributed by atoms with Crippen LogP contribution in [0.3, 0.4) is 0 Å². The highest BCUT2D eigenvalue weighted by molar-refractivity contribution is 6.32. The van der Waals surface area contributed by atoms with Crippen molar-refractivity contribution in [3.05, 3.63) is 58.5 Å². The Morgan fingerprint density at radius 2 is 1.90 bits per heavy atom. The Morgan fingerprint density at radius 1 is 1.10 bits per heavy atom. The predicted octanol–water partition coefficient (Wildman–Crippen LogP) is 2.09. The molecule has 1 aliphatic carbocycles. The van der Waals surface area contributed by atoms with E-state index in [1.807, 2.05) is 20.0 Å². The van der Waals surface area contributed by atoms with Crippen LogP contribution in [0.2, 0.25) is 5.02 Å². The average molecular weight is 699 g/mol. The van der Waals surface area contributed by atoms with Crippen LogP contribution in [0.15, 0.2) is 35.2 Å². The number of aliphatic hydroxyl groups excluding tert-OH is 1. The van der Waals surface area contributed by atoms with E-state index in [1.165, 1.54) is 25.5 Å². The van der Waals surface area contributed by atoms with Gasteiger partial charge in [-0.2, -0.15) is 0 Å². The maximum Gasteiger partial charge on any atom is 0.276 e. The number of hydrogen-bond acceptors (Lipinski definition) is 10. The number of oxazole rings is 1. The number of halogens is 1. The van der Waals surface area contributed by atoms with Gasteiger partial charge in [-0.25, -0.2) is 4.98 Å². The monoisotopic (exact) mass is 698 g/mol. The number of aliphatic hydroxyl groups is 1. The van der Waals surface area contributed by atoms with Crippen molar-refractivity contribution in [3.63, 3.8) is 0 Å². The number of hydrogen-bond donors (Lipinski definition) is 4. The fourth-order valence-electron chi connectivity index (χ4n) is 5.53. The zero-order valence-corrected chi connectivity index (χ0v) is 28.6. The smallest absolute Gasteiger partial charge is 0.276 e. The Balaban J connectivity index is 1.37. The summed E-state index contributed by atoms with van der Waals surface area (Å²) in [5.41, 5.74) is 1.10. The summed E-state index contributed by atoms with van der Waals surface area (Å²) in [6, 6.07) is 2.15. The number of benzene rings is 1. The van der Waals surface area contributed by atoms with Gasteiger partial charge < -0.3 is 35.1 Å². The van der Waals surface area contributed by atoms with Gasteiger partial charge in [-0.3, -0.25) is 23.9 Å². The molecular formula is C33H43ClN8O7. The number of aromatic nitrogens is 4. The number of fused-ring (bicyclic) bond motifs is 17. The van der Waals surface area contributed by atoms with E-state index < -0.39 is 35.9 Å². The lowest BCUT2D eigenvalue weighted by atomic mass is 10.0. The van der Waals surface area contributed by atoms with Crippen molar-refractivity contribution in [3.8, 4) is 5.75 Å². The minimum atomic E-state index is -1.36. The van der Waals surface area contributed by atoms with Crippen LogP contribution in [0.25, 0.3) is 0 Å². The Labute approximate surface area is 289 Å². The Kier molecular flexibility index (Phi) is 11.9. The first-order chi connectivity index (χ1) is 23.5. The van der Waals surface area contributed by atoms with Gasteiger partial charge in [-0.15, -0.1) is 5.10 Å².